The van der Waals surface area contributed by atoms with Crippen molar-refractivity contribution >= 4 is 11.7 Å². The number of benzene rings is 1. The zero-order chi connectivity index (χ0) is 16.8. The molecule has 0 aliphatic carbocycles. The SMILES string of the molecule is CCC(=O)c1ccc(OCC(=O)N(C)[C@@H](C)c2ccon2)cc1. The van der Waals surface area contributed by atoms with Gasteiger partial charge in [-0.3, -0.25) is 9.59 Å². The molecule has 1 amide bonds. The van der Waals surface area contributed by atoms with Crippen LogP contribution >= 0.6 is 0 Å². The highest BCUT2D eigenvalue weighted by molar-refractivity contribution is 5.95. The van der Waals surface area contributed by atoms with Gasteiger partial charge in [0.25, 0.3) is 5.91 Å². The Labute approximate surface area is 135 Å². The number of aromatic nitrogens is 1. The number of hydrogen-bond donors (Lipinski definition) is 0. The van der Waals surface area contributed by atoms with Crippen LogP contribution in [0.25, 0.3) is 0 Å². The highest BCUT2D eigenvalue weighted by Crippen LogP contribution is 2.17. The minimum atomic E-state index is -0.200. The molecule has 0 bridgehead atoms. The topological polar surface area (TPSA) is 72.6 Å². The van der Waals surface area contributed by atoms with Crippen molar-refractivity contribution in [3.63, 3.8) is 0 Å². The number of ether oxygens (including phenoxy) is 1. The summed E-state index contributed by atoms with van der Waals surface area (Å²) in [6.07, 6.45) is 1.93. The van der Waals surface area contributed by atoms with Gasteiger partial charge >= 0.3 is 0 Å². The lowest BCUT2D eigenvalue weighted by atomic mass is 10.1. The first-order valence-corrected chi connectivity index (χ1v) is 7.45. The second kappa shape index (κ2) is 7.58. The number of carbonyl (C=O) groups is 2. The molecule has 1 aromatic carbocycles. The molecule has 2 aromatic rings. The number of amides is 1. The van der Waals surface area contributed by atoms with Gasteiger partial charge in [0.05, 0.1) is 6.04 Å². The molecular formula is C17H20N2O4. The average Bonchev–Trinajstić information content (AvgIpc) is 3.12. The molecule has 23 heavy (non-hydrogen) atoms. The number of ketones is 1. The summed E-state index contributed by atoms with van der Waals surface area (Å²) in [5, 5.41) is 3.83. The molecule has 6 heteroatoms. The van der Waals surface area contributed by atoms with E-state index >= 15 is 0 Å². The van der Waals surface area contributed by atoms with Crippen LogP contribution in [0.1, 0.15) is 42.4 Å². The maximum atomic E-state index is 12.2. The normalized spacial score (nSPS) is 11.8. The molecule has 1 atom stereocenters. The van der Waals surface area contributed by atoms with Crippen molar-refractivity contribution in [3.05, 3.63) is 47.9 Å². The van der Waals surface area contributed by atoms with Crippen LogP contribution < -0.4 is 4.74 Å². The standard InChI is InChI=1S/C17H20N2O4/c1-4-16(20)13-5-7-14(8-6-13)22-11-17(21)19(3)12(2)15-9-10-23-18-15/h5-10,12H,4,11H2,1-3H3/t12-/m0/s1. The summed E-state index contributed by atoms with van der Waals surface area (Å²) in [6.45, 7) is 3.60. The predicted octanol–water partition coefficient (Wildman–Crippen LogP) is 2.87. The summed E-state index contributed by atoms with van der Waals surface area (Å²) in [6, 6.07) is 8.31. The summed E-state index contributed by atoms with van der Waals surface area (Å²) in [5.41, 5.74) is 1.33. The highest BCUT2D eigenvalue weighted by Gasteiger charge is 2.19. The summed E-state index contributed by atoms with van der Waals surface area (Å²) >= 11 is 0. The Hall–Kier alpha value is -2.63. The van der Waals surface area contributed by atoms with E-state index < -0.39 is 0 Å². The summed E-state index contributed by atoms with van der Waals surface area (Å²) in [7, 11) is 1.69. The van der Waals surface area contributed by atoms with Gasteiger partial charge in [-0.15, -0.1) is 0 Å². The molecule has 0 spiro atoms. The van der Waals surface area contributed by atoms with Gasteiger partial charge in [0.15, 0.2) is 12.4 Å². The van der Waals surface area contributed by atoms with Crippen molar-refractivity contribution in [2.75, 3.05) is 13.7 Å². The summed E-state index contributed by atoms with van der Waals surface area (Å²) in [5.74, 6) is 0.455. The summed E-state index contributed by atoms with van der Waals surface area (Å²) < 4.78 is 10.3. The van der Waals surface area contributed by atoms with Crippen molar-refractivity contribution in [1.29, 1.82) is 0 Å². The van der Waals surface area contributed by atoms with Crippen molar-refractivity contribution in [3.8, 4) is 5.75 Å². The van der Waals surface area contributed by atoms with E-state index in [1.807, 2.05) is 13.8 Å². The molecular weight excluding hydrogens is 296 g/mol. The van der Waals surface area contributed by atoms with Crippen LogP contribution in [0.2, 0.25) is 0 Å². The van der Waals surface area contributed by atoms with E-state index in [4.69, 9.17) is 9.26 Å². The van der Waals surface area contributed by atoms with Gasteiger partial charge in [0, 0.05) is 25.1 Å². The van der Waals surface area contributed by atoms with Gasteiger partial charge in [-0.1, -0.05) is 12.1 Å². The van der Waals surface area contributed by atoms with Gasteiger partial charge in [-0.25, -0.2) is 0 Å². The fraction of sp³-hybridized carbons (Fsp3) is 0.353. The number of nitrogens with zero attached hydrogens (tertiary/aromatic N) is 2. The van der Waals surface area contributed by atoms with Gasteiger partial charge in [0.1, 0.15) is 17.7 Å². The van der Waals surface area contributed by atoms with E-state index in [2.05, 4.69) is 5.16 Å². The van der Waals surface area contributed by atoms with E-state index in [0.717, 1.165) is 0 Å². The van der Waals surface area contributed by atoms with Crippen LogP contribution in [-0.4, -0.2) is 35.4 Å². The Morgan fingerprint density at radius 3 is 2.52 bits per heavy atom. The smallest absolute Gasteiger partial charge is 0.260 e. The lowest BCUT2D eigenvalue weighted by Crippen LogP contribution is -2.33. The van der Waals surface area contributed by atoms with Gasteiger partial charge in [-0.2, -0.15) is 0 Å². The monoisotopic (exact) mass is 316 g/mol. The predicted molar refractivity (Wildman–Crippen MR) is 84.2 cm³/mol. The van der Waals surface area contributed by atoms with Crippen molar-refractivity contribution in [1.82, 2.24) is 10.1 Å². The second-order valence-corrected chi connectivity index (χ2v) is 5.19. The van der Waals surface area contributed by atoms with Crippen LogP contribution in [0.15, 0.2) is 41.1 Å². The molecule has 2 rings (SSSR count). The lowest BCUT2D eigenvalue weighted by molar-refractivity contribution is -0.134. The average molecular weight is 316 g/mol. The van der Waals surface area contributed by atoms with E-state index in [-0.39, 0.29) is 24.3 Å². The maximum absolute atomic E-state index is 12.2. The minimum Gasteiger partial charge on any atom is -0.484 e. The van der Waals surface area contributed by atoms with Crippen LogP contribution in [-0.2, 0) is 4.79 Å². The molecule has 0 fully saturated rings. The van der Waals surface area contributed by atoms with Crippen molar-refractivity contribution in [2.24, 2.45) is 0 Å². The van der Waals surface area contributed by atoms with E-state index in [1.165, 1.54) is 6.26 Å². The van der Waals surface area contributed by atoms with Gasteiger partial charge in [-0.05, 0) is 31.2 Å². The fourth-order valence-electron chi connectivity index (χ4n) is 2.04. The molecule has 6 nitrogen and oxygen atoms in total. The second-order valence-electron chi connectivity index (χ2n) is 5.19. The third-order valence-electron chi connectivity index (χ3n) is 3.72. The van der Waals surface area contributed by atoms with Crippen LogP contribution in [0.5, 0.6) is 5.75 Å². The van der Waals surface area contributed by atoms with Gasteiger partial charge < -0.3 is 14.2 Å². The molecule has 0 radical (unpaired) electrons. The number of rotatable bonds is 7. The van der Waals surface area contributed by atoms with Crippen LogP contribution in [0.4, 0.5) is 0 Å². The molecule has 1 aromatic heterocycles. The Morgan fingerprint density at radius 2 is 1.96 bits per heavy atom. The minimum absolute atomic E-state index is 0.0776. The zero-order valence-corrected chi connectivity index (χ0v) is 13.5. The Kier molecular flexibility index (Phi) is 5.51. The van der Waals surface area contributed by atoms with Gasteiger partial charge in [0.2, 0.25) is 0 Å². The number of Topliss-reactive ketones (excluding diaryl/α,β-unsaturated/α-hetero) is 1. The molecule has 0 aliphatic rings. The quantitative estimate of drug-likeness (QED) is 0.734. The number of likely N-dealkylation sites (N-methyl/N-ethyl adjacent to an activating group) is 1. The Bertz CT molecular complexity index is 650. The third-order valence-corrected chi connectivity index (χ3v) is 3.72. The van der Waals surface area contributed by atoms with E-state index in [0.29, 0.717) is 23.4 Å². The van der Waals surface area contributed by atoms with Crippen LogP contribution in [0.3, 0.4) is 0 Å². The first kappa shape index (κ1) is 16.7. The first-order chi connectivity index (χ1) is 11.0. The molecule has 0 aliphatic heterocycles. The molecule has 0 unspecified atom stereocenters. The van der Waals surface area contributed by atoms with Crippen molar-refractivity contribution in [2.45, 2.75) is 26.3 Å². The van der Waals surface area contributed by atoms with Crippen molar-refractivity contribution < 1.29 is 18.8 Å². The highest BCUT2D eigenvalue weighted by atomic mass is 16.5. The Morgan fingerprint density at radius 1 is 1.26 bits per heavy atom. The van der Waals surface area contributed by atoms with E-state index in [1.54, 1.807) is 42.3 Å². The molecule has 1 heterocycles. The molecule has 0 saturated carbocycles. The fourth-order valence-corrected chi connectivity index (χ4v) is 2.04. The largest absolute Gasteiger partial charge is 0.484 e. The molecule has 122 valence electrons. The first-order valence-electron chi connectivity index (χ1n) is 7.45. The van der Waals surface area contributed by atoms with E-state index in [9.17, 15) is 9.59 Å². The third kappa shape index (κ3) is 4.18. The lowest BCUT2D eigenvalue weighted by Gasteiger charge is -2.23. The summed E-state index contributed by atoms with van der Waals surface area (Å²) in [4.78, 5) is 25.3. The molecule has 0 saturated heterocycles. The van der Waals surface area contributed by atoms with Crippen LogP contribution in [0, 0.1) is 0 Å². The zero-order valence-electron chi connectivity index (χ0n) is 13.5. The molecule has 0 N–H and O–H groups in total. The Balaban J connectivity index is 1.90. The number of hydrogen-bond acceptors (Lipinski definition) is 5. The maximum Gasteiger partial charge on any atom is 0.260 e. The number of carbonyl (C=O) groups excluding carboxylic acids is 2.